The summed E-state index contributed by atoms with van der Waals surface area (Å²) < 4.78 is 5.99. The lowest BCUT2D eigenvalue weighted by molar-refractivity contribution is 0.186. The van der Waals surface area contributed by atoms with E-state index in [2.05, 4.69) is 31.2 Å². The van der Waals surface area contributed by atoms with E-state index in [9.17, 15) is 0 Å². The Bertz CT molecular complexity index is 292. The van der Waals surface area contributed by atoms with Crippen molar-refractivity contribution in [3.05, 3.63) is 24.3 Å². The topological polar surface area (TPSA) is 12.5 Å². The van der Waals surface area contributed by atoms with E-state index >= 15 is 0 Å². The Kier molecular flexibility index (Phi) is 1.85. The molecule has 4 atom stereocenters. The number of ether oxygens (including phenoxy) is 1. The number of unbranched alkanes of at least 4 members (excludes halogenated alkanes) is 1. The molecule has 2 aliphatic carbocycles. The van der Waals surface area contributed by atoms with E-state index in [-0.39, 0.29) is 5.60 Å². The van der Waals surface area contributed by atoms with Gasteiger partial charge >= 0.3 is 0 Å². The van der Waals surface area contributed by atoms with Crippen molar-refractivity contribution < 1.29 is 4.74 Å². The highest BCUT2D eigenvalue weighted by Crippen LogP contribution is 2.60. The maximum absolute atomic E-state index is 5.99. The molecule has 1 heterocycles. The summed E-state index contributed by atoms with van der Waals surface area (Å²) in [6.07, 6.45) is 14.8. The summed E-state index contributed by atoms with van der Waals surface area (Å²) in [7, 11) is 0. The first-order chi connectivity index (χ1) is 6.87. The zero-order valence-electron chi connectivity index (χ0n) is 8.78. The summed E-state index contributed by atoms with van der Waals surface area (Å²) in [6, 6.07) is 0. The highest BCUT2D eigenvalue weighted by Gasteiger charge is 2.67. The Morgan fingerprint density at radius 1 is 1.36 bits per heavy atom. The van der Waals surface area contributed by atoms with Crippen LogP contribution in [-0.4, -0.2) is 11.7 Å². The molecule has 2 fully saturated rings. The predicted molar refractivity (Wildman–Crippen MR) is 57.0 cm³/mol. The molecule has 1 saturated carbocycles. The van der Waals surface area contributed by atoms with E-state index in [1.54, 1.807) is 0 Å². The number of fused-ring (bicyclic) bond motifs is 5. The van der Waals surface area contributed by atoms with Gasteiger partial charge in [-0.3, -0.25) is 0 Å². The van der Waals surface area contributed by atoms with Gasteiger partial charge in [0.2, 0.25) is 0 Å². The van der Waals surface area contributed by atoms with Gasteiger partial charge in [-0.05, 0) is 12.8 Å². The third-order valence-corrected chi connectivity index (χ3v) is 4.05. The summed E-state index contributed by atoms with van der Waals surface area (Å²) in [5, 5.41) is 0. The van der Waals surface area contributed by atoms with Crippen molar-refractivity contribution in [3.63, 3.8) is 0 Å². The Hall–Kier alpha value is -0.560. The van der Waals surface area contributed by atoms with Crippen LogP contribution in [0.15, 0.2) is 24.3 Å². The summed E-state index contributed by atoms with van der Waals surface area (Å²) in [5.41, 5.74) is 0.266. The van der Waals surface area contributed by atoms with E-state index in [0.29, 0.717) is 17.9 Å². The molecule has 0 radical (unpaired) electrons. The van der Waals surface area contributed by atoms with Crippen LogP contribution in [0.1, 0.15) is 32.6 Å². The van der Waals surface area contributed by atoms with Crippen molar-refractivity contribution in [2.75, 3.05) is 0 Å². The zero-order valence-corrected chi connectivity index (χ0v) is 8.78. The van der Waals surface area contributed by atoms with Crippen LogP contribution < -0.4 is 0 Å². The fraction of sp³-hybridized carbons (Fsp3) is 0.692. The van der Waals surface area contributed by atoms with Gasteiger partial charge in [-0.2, -0.15) is 0 Å². The van der Waals surface area contributed by atoms with Crippen LogP contribution in [0.3, 0.4) is 0 Å². The summed E-state index contributed by atoms with van der Waals surface area (Å²) >= 11 is 0. The molecule has 0 spiro atoms. The molecule has 0 aromatic rings. The van der Waals surface area contributed by atoms with Crippen LogP contribution in [0, 0.1) is 11.8 Å². The van der Waals surface area contributed by atoms with Crippen LogP contribution >= 0.6 is 0 Å². The molecule has 0 aromatic heterocycles. The first kappa shape index (κ1) is 8.72. The third kappa shape index (κ3) is 1.05. The van der Waals surface area contributed by atoms with Crippen LogP contribution in [0.5, 0.6) is 0 Å². The number of rotatable bonds is 3. The van der Waals surface area contributed by atoms with E-state index in [4.69, 9.17) is 4.74 Å². The van der Waals surface area contributed by atoms with Gasteiger partial charge in [0, 0.05) is 11.8 Å². The average Bonchev–Trinajstić information content (AvgIpc) is 2.87. The van der Waals surface area contributed by atoms with Gasteiger partial charge in [0.1, 0.15) is 5.60 Å². The molecule has 3 rings (SSSR count). The standard InChI is InChI=1S/C13H18O/c1-2-3-8-13-11-7-5-4-6-10(9-11)12(13)14-13/h4-7,10-12H,2-3,8-9H2,1H3. The average molecular weight is 190 g/mol. The fourth-order valence-corrected chi connectivity index (χ4v) is 3.23. The lowest BCUT2D eigenvalue weighted by Crippen LogP contribution is -2.20. The zero-order chi connectivity index (χ0) is 9.60. The van der Waals surface area contributed by atoms with Crippen molar-refractivity contribution >= 4 is 0 Å². The second-order valence-corrected chi connectivity index (χ2v) is 4.87. The van der Waals surface area contributed by atoms with E-state index in [1.807, 2.05) is 0 Å². The smallest absolute Gasteiger partial charge is 0.102 e. The maximum Gasteiger partial charge on any atom is 0.102 e. The van der Waals surface area contributed by atoms with Crippen LogP contribution in [-0.2, 0) is 4.74 Å². The Labute approximate surface area is 85.8 Å². The van der Waals surface area contributed by atoms with Crippen molar-refractivity contribution in [2.45, 2.75) is 44.3 Å². The van der Waals surface area contributed by atoms with Gasteiger partial charge in [0.05, 0.1) is 6.10 Å². The first-order valence-electron chi connectivity index (χ1n) is 5.89. The second-order valence-electron chi connectivity index (χ2n) is 4.87. The minimum Gasteiger partial charge on any atom is -0.365 e. The van der Waals surface area contributed by atoms with Crippen molar-refractivity contribution in [2.24, 2.45) is 11.8 Å². The molecule has 1 heteroatoms. The summed E-state index contributed by atoms with van der Waals surface area (Å²) in [6.45, 7) is 2.26. The third-order valence-electron chi connectivity index (χ3n) is 4.05. The van der Waals surface area contributed by atoms with E-state index in [0.717, 1.165) is 0 Å². The van der Waals surface area contributed by atoms with Crippen molar-refractivity contribution in [1.29, 1.82) is 0 Å². The molecule has 4 unspecified atom stereocenters. The normalized spacial score (nSPS) is 47.6. The van der Waals surface area contributed by atoms with Gasteiger partial charge < -0.3 is 4.74 Å². The van der Waals surface area contributed by atoms with E-state index < -0.39 is 0 Å². The highest BCUT2D eigenvalue weighted by molar-refractivity contribution is 5.28. The molecule has 0 aromatic carbocycles. The van der Waals surface area contributed by atoms with Gasteiger partial charge in [-0.1, -0.05) is 44.1 Å². The van der Waals surface area contributed by atoms with E-state index in [1.165, 1.54) is 25.7 Å². The largest absolute Gasteiger partial charge is 0.365 e. The molecular weight excluding hydrogens is 172 g/mol. The monoisotopic (exact) mass is 190 g/mol. The molecular formula is C13H18O. The molecule has 1 saturated heterocycles. The maximum atomic E-state index is 5.99. The number of hydrogen-bond donors (Lipinski definition) is 0. The van der Waals surface area contributed by atoms with Gasteiger partial charge in [-0.15, -0.1) is 0 Å². The lowest BCUT2D eigenvalue weighted by Gasteiger charge is -2.16. The van der Waals surface area contributed by atoms with Gasteiger partial charge in [0.15, 0.2) is 0 Å². The van der Waals surface area contributed by atoms with Crippen molar-refractivity contribution in [1.82, 2.24) is 0 Å². The van der Waals surface area contributed by atoms with Crippen LogP contribution in [0.2, 0.25) is 0 Å². The molecule has 0 amide bonds. The summed E-state index contributed by atoms with van der Waals surface area (Å²) in [4.78, 5) is 0. The second kappa shape index (κ2) is 2.96. The number of epoxide rings is 1. The van der Waals surface area contributed by atoms with Crippen LogP contribution in [0.25, 0.3) is 0 Å². The Balaban J connectivity index is 1.79. The Morgan fingerprint density at radius 2 is 2.21 bits per heavy atom. The number of allylic oxidation sites excluding steroid dienone is 2. The minimum absolute atomic E-state index is 0.266. The van der Waals surface area contributed by atoms with Crippen molar-refractivity contribution in [3.8, 4) is 0 Å². The molecule has 76 valence electrons. The van der Waals surface area contributed by atoms with Crippen LogP contribution in [0.4, 0.5) is 0 Å². The molecule has 2 bridgehead atoms. The summed E-state index contributed by atoms with van der Waals surface area (Å²) in [5.74, 6) is 1.39. The minimum atomic E-state index is 0.266. The quantitative estimate of drug-likeness (QED) is 0.623. The number of hydrogen-bond acceptors (Lipinski definition) is 1. The Morgan fingerprint density at radius 3 is 3.07 bits per heavy atom. The molecule has 1 nitrogen and oxygen atoms in total. The lowest BCUT2D eigenvalue weighted by atomic mass is 9.89. The first-order valence-corrected chi connectivity index (χ1v) is 5.89. The molecule has 1 aliphatic heterocycles. The predicted octanol–water partition coefficient (Wildman–Crippen LogP) is 3.08. The van der Waals surface area contributed by atoms with Gasteiger partial charge in [0.25, 0.3) is 0 Å². The van der Waals surface area contributed by atoms with Gasteiger partial charge in [-0.25, -0.2) is 0 Å². The fourth-order valence-electron chi connectivity index (χ4n) is 3.23. The highest BCUT2D eigenvalue weighted by atomic mass is 16.6. The molecule has 14 heavy (non-hydrogen) atoms. The SMILES string of the molecule is CCCCC12OC1C1C=CC=CC2C1. The molecule has 0 N–H and O–H groups in total. The molecule has 3 aliphatic rings.